The molecule has 1 atom stereocenters. The highest BCUT2D eigenvalue weighted by atomic mass is 16.3. The van der Waals surface area contributed by atoms with E-state index >= 15 is 0 Å². The summed E-state index contributed by atoms with van der Waals surface area (Å²) in [6, 6.07) is 67.6. The third-order valence-corrected chi connectivity index (χ3v) is 9.61. The highest BCUT2D eigenvalue weighted by Crippen LogP contribution is 2.44. The number of hydrogen-bond acceptors (Lipinski definition) is 1. The Balaban J connectivity index is 1.29. The van der Waals surface area contributed by atoms with Gasteiger partial charge in [0.05, 0.1) is 0 Å². The first kappa shape index (κ1) is 28.1. The molecule has 226 valence electrons. The summed E-state index contributed by atoms with van der Waals surface area (Å²) in [5.74, 6) is 0.00384. The van der Waals surface area contributed by atoms with Gasteiger partial charge in [-0.15, -0.1) is 0 Å². The van der Waals surface area contributed by atoms with Gasteiger partial charge in [0, 0.05) is 22.3 Å². The molecule has 9 rings (SSSR count). The van der Waals surface area contributed by atoms with Crippen molar-refractivity contribution in [2.24, 2.45) is 0 Å². The van der Waals surface area contributed by atoms with Crippen LogP contribution in [0.1, 0.15) is 22.6 Å². The molecule has 48 heavy (non-hydrogen) atoms. The minimum Gasteiger partial charge on any atom is -0.455 e. The first-order valence-corrected chi connectivity index (χ1v) is 16.5. The van der Waals surface area contributed by atoms with Crippen molar-refractivity contribution in [2.45, 2.75) is 5.92 Å². The van der Waals surface area contributed by atoms with Crippen LogP contribution in [0.4, 0.5) is 0 Å². The monoisotopic (exact) mass is 612 g/mol. The molecule has 1 aromatic heterocycles. The van der Waals surface area contributed by atoms with Crippen LogP contribution in [0.3, 0.4) is 0 Å². The van der Waals surface area contributed by atoms with Gasteiger partial charge in [0.25, 0.3) is 0 Å². The molecule has 1 heteroatoms. The van der Waals surface area contributed by atoms with Crippen molar-refractivity contribution in [2.75, 3.05) is 0 Å². The summed E-state index contributed by atoms with van der Waals surface area (Å²) in [4.78, 5) is 0. The second-order valence-corrected chi connectivity index (χ2v) is 12.4. The van der Waals surface area contributed by atoms with Crippen LogP contribution in [0.15, 0.2) is 192 Å². The van der Waals surface area contributed by atoms with E-state index in [1.807, 2.05) is 0 Å². The third kappa shape index (κ3) is 4.89. The van der Waals surface area contributed by atoms with Crippen LogP contribution >= 0.6 is 0 Å². The van der Waals surface area contributed by atoms with E-state index in [1.165, 1.54) is 55.1 Å². The summed E-state index contributed by atoms with van der Waals surface area (Å²) in [7, 11) is 0. The Hall–Kier alpha value is -6.18. The predicted octanol–water partition coefficient (Wildman–Crippen LogP) is 12.9. The molecule has 0 aliphatic rings. The van der Waals surface area contributed by atoms with Crippen LogP contribution in [-0.4, -0.2) is 0 Å². The molecule has 1 nitrogen and oxygen atoms in total. The van der Waals surface area contributed by atoms with Crippen LogP contribution in [-0.2, 0) is 0 Å². The van der Waals surface area contributed by atoms with E-state index in [0.717, 1.165) is 27.7 Å². The quantitative estimate of drug-likeness (QED) is 0.170. The Bertz CT molecular complexity index is 2530. The molecule has 1 heterocycles. The minimum absolute atomic E-state index is 0.00384. The lowest BCUT2D eigenvalue weighted by atomic mass is 9.80. The number of benzene rings is 8. The maximum absolute atomic E-state index is 6.75. The van der Waals surface area contributed by atoms with Crippen LogP contribution < -0.4 is 0 Å². The fourth-order valence-electron chi connectivity index (χ4n) is 7.34. The first-order chi connectivity index (χ1) is 23.8. The van der Waals surface area contributed by atoms with Crippen LogP contribution in [0, 0.1) is 0 Å². The van der Waals surface area contributed by atoms with E-state index < -0.39 is 0 Å². The van der Waals surface area contributed by atoms with Gasteiger partial charge in [-0.05, 0) is 73.5 Å². The molecule has 0 spiro atoms. The zero-order valence-electron chi connectivity index (χ0n) is 26.4. The molecule has 0 saturated heterocycles. The van der Waals surface area contributed by atoms with Crippen molar-refractivity contribution in [3.63, 3.8) is 0 Å². The fraction of sp³-hybridized carbons (Fsp3) is 0.0213. The highest BCUT2D eigenvalue weighted by Gasteiger charge is 2.23. The Morgan fingerprint density at radius 1 is 0.375 bits per heavy atom. The average Bonchev–Trinajstić information content (AvgIpc) is 3.56. The van der Waals surface area contributed by atoms with Crippen LogP contribution in [0.25, 0.3) is 66.1 Å². The summed E-state index contributed by atoms with van der Waals surface area (Å²) in [6.07, 6.45) is 0. The van der Waals surface area contributed by atoms with E-state index in [1.54, 1.807) is 0 Å². The Morgan fingerprint density at radius 3 is 1.67 bits per heavy atom. The summed E-state index contributed by atoms with van der Waals surface area (Å²) in [5.41, 5.74) is 12.7. The van der Waals surface area contributed by atoms with Gasteiger partial charge in [-0.1, -0.05) is 170 Å². The lowest BCUT2D eigenvalue weighted by Gasteiger charge is -2.23. The van der Waals surface area contributed by atoms with Gasteiger partial charge in [-0.3, -0.25) is 0 Å². The molecule has 0 N–H and O–H groups in total. The number of furan rings is 1. The number of hydrogen-bond donors (Lipinski definition) is 0. The lowest BCUT2D eigenvalue weighted by Crippen LogP contribution is -2.05. The van der Waals surface area contributed by atoms with Crippen molar-refractivity contribution in [3.05, 3.63) is 205 Å². The van der Waals surface area contributed by atoms with E-state index in [9.17, 15) is 0 Å². The molecule has 0 radical (unpaired) electrons. The first-order valence-electron chi connectivity index (χ1n) is 16.5. The van der Waals surface area contributed by atoms with Crippen molar-refractivity contribution in [3.8, 4) is 33.4 Å². The Labute approximate surface area is 280 Å². The molecule has 0 aliphatic heterocycles. The Morgan fingerprint density at radius 2 is 0.938 bits per heavy atom. The largest absolute Gasteiger partial charge is 0.455 e. The highest BCUT2D eigenvalue weighted by molar-refractivity contribution is 6.22. The molecule has 0 amide bonds. The Kier molecular flexibility index (Phi) is 6.95. The molecule has 0 aliphatic carbocycles. The molecule has 0 fully saturated rings. The zero-order valence-corrected chi connectivity index (χ0v) is 26.4. The van der Waals surface area contributed by atoms with Gasteiger partial charge >= 0.3 is 0 Å². The summed E-state index contributed by atoms with van der Waals surface area (Å²) in [6.45, 7) is 0. The minimum atomic E-state index is 0.00384. The van der Waals surface area contributed by atoms with E-state index in [2.05, 4.69) is 188 Å². The summed E-state index contributed by atoms with van der Waals surface area (Å²) >= 11 is 0. The number of fused-ring (bicyclic) bond motifs is 5. The van der Waals surface area contributed by atoms with Crippen molar-refractivity contribution in [1.29, 1.82) is 0 Å². The lowest BCUT2D eigenvalue weighted by molar-refractivity contribution is 0.670. The topological polar surface area (TPSA) is 13.1 Å². The van der Waals surface area contributed by atoms with Crippen LogP contribution in [0.5, 0.6) is 0 Å². The predicted molar refractivity (Wildman–Crippen MR) is 201 cm³/mol. The normalized spacial score (nSPS) is 12.1. The second kappa shape index (κ2) is 11.9. The second-order valence-electron chi connectivity index (χ2n) is 12.4. The molecular weight excluding hydrogens is 581 g/mol. The van der Waals surface area contributed by atoms with Crippen molar-refractivity contribution < 1.29 is 4.42 Å². The van der Waals surface area contributed by atoms with E-state index in [4.69, 9.17) is 4.42 Å². The molecular formula is C47H32O. The summed E-state index contributed by atoms with van der Waals surface area (Å²) in [5, 5.41) is 4.72. The molecule has 8 aromatic carbocycles. The molecule has 9 aromatic rings. The van der Waals surface area contributed by atoms with Gasteiger partial charge in [0.15, 0.2) is 0 Å². The SMILES string of the molecule is c1ccc(-c2ccc(C(c3ccc4oc5c(-c6ccccc6)cc6ccccc6c5c4c3)c3ccccc3-c3ccccc3)cc2)cc1. The van der Waals surface area contributed by atoms with Gasteiger partial charge in [0.2, 0.25) is 0 Å². The average molecular weight is 613 g/mol. The number of rotatable bonds is 6. The van der Waals surface area contributed by atoms with Gasteiger partial charge in [0.1, 0.15) is 11.2 Å². The molecule has 0 bridgehead atoms. The zero-order chi connectivity index (χ0) is 31.9. The van der Waals surface area contributed by atoms with Crippen molar-refractivity contribution >= 4 is 32.7 Å². The fourth-order valence-corrected chi connectivity index (χ4v) is 7.34. The smallest absolute Gasteiger partial charge is 0.143 e. The van der Waals surface area contributed by atoms with E-state index in [0.29, 0.717) is 0 Å². The van der Waals surface area contributed by atoms with Crippen LogP contribution in [0.2, 0.25) is 0 Å². The van der Waals surface area contributed by atoms with Gasteiger partial charge < -0.3 is 4.42 Å². The van der Waals surface area contributed by atoms with Gasteiger partial charge in [-0.2, -0.15) is 0 Å². The van der Waals surface area contributed by atoms with Crippen molar-refractivity contribution in [1.82, 2.24) is 0 Å². The maximum Gasteiger partial charge on any atom is 0.143 e. The molecule has 0 saturated carbocycles. The standard InChI is InChI=1S/C47H32O/c1-4-14-32(15-5-1)33-24-26-36(27-25-33)45(41-23-13-12-21-39(41)34-16-6-2-7-17-34)38-28-29-44-43(31-38)46-40-22-11-10-20-37(40)30-42(47(46)48-44)35-18-8-3-9-19-35/h1-31,45H. The summed E-state index contributed by atoms with van der Waals surface area (Å²) < 4.78 is 6.75. The third-order valence-electron chi connectivity index (χ3n) is 9.61. The van der Waals surface area contributed by atoms with E-state index in [-0.39, 0.29) is 5.92 Å². The molecule has 1 unspecified atom stereocenters. The van der Waals surface area contributed by atoms with Gasteiger partial charge in [-0.25, -0.2) is 0 Å². The maximum atomic E-state index is 6.75.